The van der Waals surface area contributed by atoms with Crippen LogP contribution in [-0.2, 0) is 28.7 Å². The second kappa shape index (κ2) is 8.03. The first-order valence-electron chi connectivity index (χ1n) is 7.92. The van der Waals surface area contributed by atoms with Gasteiger partial charge in [0.2, 0.25) is 11.8 Å². The van der Waals surface area contributed by atoms with Gasteiger partial charge in [0.1, 0.15) is 6.54 Å². The van der Waals surface area contributed by atoms with Gasteiger partial charge in [0.15, 0.2) is 5.69 Å². The quantitative estimate of drug-likeness (QED) is 0.823. The Morgan fingerprint density at radius 1 is 1.12 bits per heavy atom. The fraction of sp³-hybridized carbons (Fsp3) is 0.353. The zero-order valence-electron chi connectivity index (χ0n) is 14.3. The molecule has 0 aliphatic heterocycles. The molecular formula is C17H19F3N4O2. The van der Waals surface area contributed by atoms with E-state index in [-0.39, 0.29) is 24.9 Å². The number of hydrogen-bond acceptors (Lipinski definition) is 3. The molecule has 0 spiro atoms. The van der Waals surface area contributed by atoms with E-state index in [1.165, 1.54) is 0 Å². The summed E-state index contributed by atoms with van der Waals surface area (Å²) in [6.07, 6.45) is -3.22. The van der Waals surface area contributed by atoms with Crippen LogP contribution in [0.4, 0.5) is 18.9 Å². The van der Waals surface area contributed by atoms with Crippen molar-refractivity contribution >= 4 is 17.5 Å². The van der Waals surface area contributed by atoms with Crippen LogP contribution < -0.4 is 10.6 Å². The highest BCUT2D eigenvalue weighted by molar-refractivity contribution is 5.90. The lowest BCUT2D eigenvalue weighted by atomic mass is 10.1. The Bertz CT molecular complexity index is 767. The maximum atomic E-state index is 12.5. The van der Waals surface area contributed by atoms with Crippen molar-refractivity contribution < 1.29 is 22.8 Å². The Hall–Kier alpha value is -2.84. The van der Waals surface area contributed by atoms with Crippen molar-refractivity contribution in [2.24, 2.45) is 0 Å². The van der Waals surface area contributed by atoms with E-state index in [2.05, 4.69) is 15.7 Å². The third kappa shape index (κ3) is 5.91. The van der Waals surface area contributed by atoms with E-state index in [0.29, 0.717) is 5.69 Å². The van der Waals surface area contributed by atoms with E-state index < -0.39 is 17.8 Å². The van der Waals surface area contributed by atoms with Gasteiger partial charge in [-0.3, -0.25) is 14.3 Å². The molecule has 0 bridgehead atoms. The summed E-state index contributed by atoms with van der Waals surface area (Å²) in [7, 11) is 0. The van der Waals surface area contributed by atoms with Crippen molar-refractivity contribution in [1.82, 2.24) is 15.1 Å². The van der Waals surface area contributed by atoms with Gasteiger partial charge in [-0.1, -0.05) is 12.1 Å². The molecule has 2 aromatic rings. The normalized spacial score (nSPS) is 11.5. The number of carbonyl (C=O) groups excluding carboxylic acids is 2. The fourth-order valence-electron chi connectivity index (χ4n) is 2.21. The van der Waals surface area contributed by atoms with Crippen LogP contribution in [0.15, 0.2) is 36.5 Å². The number of hydrogen-bond donors (Lipinski definition) is 2. The molecule has 140 valence electrons. The maximum absolute atomic E-state index is 12.5. The molecule has 6 nitrogen and oxygen atoms in total. The lowest BCUT2D eigenvalue weighted by Gasteiger charge is -2.09. The molecule has 2 N–H and O–H groups in total. The van der Waals surface area contributed by atoms with Crippen LogP contribution in [0.3, 0.4) is 0 Å². The third-order valence-corrected chi connectivity index (χ3v) is 3.29. The number of halogens is 3. The molecular weight excluding hydrogens is 349 g/mol. The summed E-state index contributed by atoms with van der Waals surface area (Å²) in [5.41, 5.74) is 0.212. The SMILES string of the molecule is CC(C)NC(=O)Cc1ccc(NC(=O)Cn2ccc(C(F)(F)F)n2)cc1. The van der Waals surface area contributed by atoms with Crippen LogP contribution in [0.2, 0.25) is 0 Å². The van der Waals surface area contributed by atoms with Crippen LogP contribution in [0.1, 0.15) is 25.1 Å². The minimum absolute atomic E-state index is 0.0567. The van der Waals surface area contributed by atoms with Crippen LogP contribution in [0, 0.1) is 0 Å². The van der Waals surface area contributed by atoms with E-state index >= 15 is 0 Å². The summed E-state index contributed by atoms with van der Waals surface area (Å²) in [6.45, 7) is 3.40. The summed E-state index contributed by atoms with van der Waals surface area (Å²) in [5.74, 6) is -0.608. The minimum Gasteiger partial charge on any atom is -0.354 e. The van der Waals surface area contributed by atoms with E-state index in [4.69, 9.17) is 0 Å². The molecule has 0 aliphatic rings. The first kappa shape index (κ1) is 19.5. The first-order chi connectivity index (χ1) is 12.1. The number of aromatic nitrogens is 2. The van der Waals surface area contributed by atoms with Gasteiger partial charge in [0, 0.05) is 17.9 Å². The van der Waals surface area contributed by atoms with Crippen molar-refractivity contribution in [3.63, 3.8) is 0 Å². The van der Waals surface area contributed by atoms with Crippen LogP contribution in [-0.4, -0.2) is 27.6 Å². The van der Waals surface area contributed by atoms with Gasteiger partial charge in [0.25, 0.3) is 0 Å². The summed E-state index contributed by atoms with van der Waals surface area (Å²) in [6, 6.07) is 7.52. The monoisotopic (exact) mass is 368 g/mol. The number of amides is 2. The van der Waals surface area contributed by atoms with Gasteiger partial charge in [0.05, 0.1) is 6.42 Å². The molecule has 1 aromatic carbocycles. The van der Waals surface area contributed by atoms with Gasteiger partial charge in [-0.25, -0.2) is 0 Å². The third-order valence-electron chi connectivity index (χ3n) is 3.29. The molecule has 0 atom stereocenters. The number of rotatable bonds is 6. The molecule has 0 unspecified atom stereocenters. The smallest absolute Gasteiger partial charge is 0.354 e. The van der Waals surface area contributed by atoms with E-state index in [9.17, 15) is 22.8 Å². The molecule has 26 heavy (non-hydrogen) atoms. The Balaban J connectivity index is 1.89. The molecule has 0 aliphatic carbocycles. The van der Waals surface area contributed by atoms with Gasteiger partial charge in [-0.15, -0.1) is 0 Å². The van der Waals surface area contributed by atoms with E-state index in [1.807, 2.05) is 13.8 Å². The molecule has 2 amide bonds. The summed E-state index contributed by atoms with van der Waals surface area (Å²) in [4.78, 5) is 23.6. The second-order valence-electron chi connectivity index (χ2n) is 6.04. The first-order valence-corrected chi connectivity index (χ1v) is 7.92. The molecule has 9 heteroatoms. The van der Waals surface area contributed by atoms with Crippen molar-refractivity contribution in [2.45, 2.75) is 39.0 Å². The zero-order valence-corrected chi connectivity index (χ0v) is 14.3. The van der Waals surface area contributed by atoms with Gasteiger partial charge in [-0.05, 0) is 37.6 Å². The predicted octanol–water partition coefficient (Wildman–Crippen LogP) is 2.61. The van der Waals surface area contributed by atoms with Gasteiger partial charge < -0.3 is 10.6 Å². The average molecular weight is 368 g/mol. The summed E-state index contributed by atoms with van der Waals surface area (Å²) >= 11 is 0. The van der Waals surface area contributed by atoms with Gasteiger partial charge in [-0.2, -0.15) is 18.3 Å². The molecule has 0 radical (unpaired) electrons. The highest BCUT2D eigenvalue weighted by Crippen LogP contribution is 2.27. The second-order valence-corrected chi connectivity index (χ2v) is 6.04. The van der Waals surface area contributed by atoms with Crippen LogP contribution >= 0.6 is 0 Å². The fourth-order valence-corrected chi connectivity index (χ4v) is 2.21. The number of nitrogens with zero attached hydrogens (tertiary/aromatic N) is 2. The molecule has 1 heterocycles. The lowest BCUT2D eigenvalue weighted by Crippen LogP contribution is -2.31. The van der Waals surface area contributed by atoms with Crippen molar-refractivity contribution in [3.8, 4) is 0 Å². The topological polar surface area (TPSA) is 76.0 Å². The number of carbonyl (C=O) groups is 2. The molecule has 0 fully saturated rings. The summed E-state index contributed by atoms with van der Waals surface area (Å²) in [5, 5.41) is 8.67. The van der Waals surface area contributed by atoms with E-state index in [1.54, 1.807) is 24.3 Å². The van der Waals surface area contributed by atoms with Gasteiger partial charge >= 0.3 is 6.18 Å². The van der Waals surface area contributed by atoms with E-state index in [0.717, 1.165) is 22.5 Å². The van der Waals surface area contributed by atoms with Crippen molar-refractivity contribution in [3.05, 3.63) is 47.8 Å². The van der Waals surface area contributed by atoms with Crippen molar-refractivity contribution in [2.75, 3.05) is 5.32 Å². The number of anilines is 1. The minimum atomic E-state index is -4.54. The largest absolute Gasteiger partial charge is 0.435 e. The lowest BCUT2D eigenvalue weighted by molar-refractivity contribution is -0.141. The zero-order chi connectivity index (χ0) is 19.3. The Morgan fingerprint density at radius 2 is 1.77 bits per heavy atom. The number of alkyl halides is 3. The van der Waals surface area contributed by atoms with Crippen LogP contribution in [0.5, 0.6) is 0 Å². The molecule has 0 saturated heterocycles. The van der Waals surface area contributed by atoms with Crippen molar-refractivity contribution in [1.29, 1.82) is 0 Å². The Morgan fingerprint density at radius 3 is 2.31 bits per heavy atom. The van der Waals surface area contributed by atoms with Crippen LogP contribution in [0.25, 0.3) is 0 Å². The number of nitrogens with one attached hydrogen (secondary N) is 2. The highest BCUT2D eigenvalue weighted by atomic mass is 19.4. The Labute approximate surface area is 148 Å². The standard InChI is InChI=1S/C17H19F3N4O2/c1-11(2)21-15(25)9-12-3-5-13(6-4-12)22-16(26)10-24-8-7-14(23-24)17(18,19)20/h3-8,11H,9-10H2,1-2H3,(H,21,25)(H,22,26). The average Bonchev–Trinajstić information content (AvgIpc) is 2.97. The number of benzene rings is 1. The molecule has 2 rings (SSSR count). The predicted molar refractivity (Wildman–Crippen MR) is 89.3 cm³/mol. The molecule has 0 saturated carbocycles. The maximum Gasteiger partial charge on any atom is 0.435 e. The summed E-state index contributed by atoms with van der Waals surface area (Å²) < 4.78 is 38.4. The highest BCUT2D eigenvalue weighted by Gasteiger charge is 2.33. The molecule has 1 aromatic heterocycles. The Kier molecular flexibility index (Phi) is 6.01.